The van der Waals surface area contributed by atoms with Crippen LogP contribution in [0.25, 0.3) is 0 Å². The molecule has 0 bridgehead atoms. The van der Waals surface area contributed by atoms with E-state index in [0.717, 1.165) is 0 Å². The number of thioether (sulfide) groups is 1. The van der Waals surface area contributed by atoms with Gasteiger partial charge in [-0.1, -0.05) is 19.1 Å². The lowest BCUT2D eigenvalue weighted by atomic mass is 10.0. The number of rotatable bonds is 1. The van der Waals surface area contributed by atoms with Crippen molar-refractivity contribution in [2.45, 2.75) is 31.1 Å². The lowest BCUT2D eigenvalue weighted by molar-refractivity contribution is 0.865. The van der Waals surface area contributed by atoms with Gasteiger partial charge in [-0.15, -0.1) is 11.8 Å². The Balaban J connectivity index is 2.44. The number of hydrogen-bond donors (Lipinski definition) is 0. The minimum atomic E-state index is 1.18. The van der Waals surface area contributed by atoms with Crippen LogP contribution in [-0.2, 0) is 12.8 Å². The number of aryl methyl sites for hydroxylation is 1. The van der Waals surface area contributed by atoms with Crippen LogP contribution in [0.5, 0.6) is 0 Å². The molecule has 0 amide bonds. The van der Waals surface area contributed by atoms with E-state index >= 15 is 0 Å². The van der Waals surface area contributed by atoms with E-state index in [4.69, 9.17) is 0 Å². The van der Waals surface area contributed by atoms with Crippen molar-refractivity contribution in [2.24, 2.45) is 0 Å². The van der Waals surface area contributed by atoms with Gasteiger partial charge in [0.2, 0.25) is 0 Å². The molecule has 0 atom stereocenters. The molecule has 0 aromatic heterocycles. The van der Waals surface area contributed by atoms with Gasteiger partial charge in [-0.05, 0) is 42.2 Å². The summed E-state index contributed by atoms with van der Waals surface area (Å²) >= 11 is 2.02. The summed E-state index contributed by atoms with van der Waals surface area (Å²) < 4.78 is 0. The molecule has 1 heteroatoms. The van der Waals surface area contributed by atoms with E-state index in [2.05, 4.69) is 25.1 Å². The van der Waals surface area contributed by atoms with Crippen LogP contribution in [0.3, 0.4) is 0 Å². The first-order valence-electron chi connectivity index (χ1n) is 4.65. The van der Waals surface area contributed by atoms with Crippen LogP contribution in [0.2, 0.25) is 0 Å². The molecule has 64 valence electrons. The van der Waals surface area contributed by atoms with E-state index in [1.165, 1.54) is 29.9 Å². The Labute approximate surface area is 78.4 Å². The van der Waals surface area contributed by atoms with Gasteiger partial charge in [-0.25, -0.2) is 0 Å². The Morgan fingerprint density at radius 2 is 2.33 bits per heavy atom. The lowest BCUT2D eigenvalue weighted by Gasteiger charge is -2.17. The summed E-state index contributed by atoms with van der Waals surface area (Å²) in [6, 6.07) is 6.72. The van der Waals surface area contributed by atoms with E-state index < -0.39 is 0 Å². The Morgan fingerprint density at radius 3 is 3.17 bits per heavy atom. The maximum Gasteiger partial charge on any atom is 0.0107 e. The summed E-state index contributed by atoms with van der Waals surface area (Å²) in [6.45, 7) is 2.24. The average Bonchev–Trinajstić information content (AvgIpc) is 2.17. The van der Waals surface area contributed by atoms with Gasteiger partial charge in [0, 0.05) is 4.90 Å². The van der Waals surface area contributed by atoms with E-state index in [1.807, 2.05) is 11.8 Å². The predicted octanol–water partition coefficient (Wildman–Crippen LogP) is 3.29. The van der Waals surface area contributed by atoms with Gasteiger partial charge in [0.05, 0.1) is 0 Å². The molecule has 0 unspecified atom stereocenters. The highest BCUT2D eigenvalue weighted by atomic mass is 32.2. The quantitative estimate of drug-likeness (QED) is 0.636. The minimum Gasteiger partial charge on any atom is -0.126 e. The van der Waals surface area contributed by atoms with Gasteiger partial charge < -0.3 is 0 Å². The van der Waals surface area contributed by atoms with E-state index in [1.54, 1.807) is 11.1 Å². The highest BCUT2D eigenvalue weighted by Gasteiger charge is 2.11. The number of fused-ring (bicyclic) bond motifs is 1. The Morgan fingerprint density at radius 1 is 1.42 bits per heavy atom. The largest absolute Gasteiger partial charge is 0.126 e. The van der Waals surface area contributed by atoms with Crippen molar-refractivity contribution in [2.75, 3.05) is 5.75 Å². The molecule has 0 nitrogen and oxygen atoms in total. The molecule has 0 radical (unpaired) electrons. The zero-order chi connectivity index (χ0) is 8.39. The van der Waals surface area contributed by atoms with Gasteiger partial charge in [-0.3, -0.25) is 0 Å². The third-order valence-corrected chi connectivity index (χ3v) is 3.63. The van der Waals surface area contributed by atoms with E-state index in [-0.39, 0.29) is 0 Å². The van der Waals surface area contributed by atoms with Gasteiger partial charge >= 0.3 is 0 Å². The lowest BCUT2D eigenvalue weighted by Crippen LogP contribution is -2.01. The van der Waals surface area contributed by atoms with Crippen molar-refractivity contribution in [1.29, 1.82) is 0 Å². The van der Waals surface area contributed by atoms with Gasteiger partial charge in [0.15, 0.2) is 0 Å². The molecular weight excluding hydrogens is 164 g/mol. The molecule has 1 aliphatic rings. The number of benzene rings is 1. The van der Waals surface area contributed by atoms with Gasteiger partial charge in [-0.2, -0.15) is 0 Å². The Kier molecular flexibility index (Phi) is 2.40. The molecule has 0 saturated heterocycles. The van der Waals surface area contributed by atoms with Crippen molar-refractivity contribution in [1.82, 2.24) is 0 Å². The first-order chi connectivity index (χ1) is 5.92. The maximum atomic E-state index is 2.27. The SMILES string of the molecule is CCc1cccc2c1CCCS2. The molecule has 0 saturated carbocycles. The first kappa shape index (κ1) is 8.18. The van der Waals surface area contributed by atoms with Crippen molar-refractivity contribution >= 4 is 11.8 Å². The Bertz CT molecular complexity index is 264. The molecule has 1 aromatic rings. The summed E-state index contributed by atoms with van der Waals surface area (Å²) in [6.07, 6.45) is 3.84. The summed E-state index contributed by atoms with van der Waals surface area (Å²) in [5.41, 5.74) is 3.18. The van der Waals surface area contributed by atoms with Gasteiger partial charge in [0.25, 0.3) is 0 Å². The number of hydrogen-bond acceptors (Lipinski definition) is 1. The topological polar surface area (TPSA) is 0 Å². The standard InChI is InChI=1S/C11H14S/c1-2-9-5-3-7-11-10(9)6-4-8-12-11/h3,5,7H,2,4,6,8H2,1H3. The van der Waals surface area contributed by atoms with Crippen LogP contribution >= 0.6 is 11.8 Å². The molecular formula is C11H14S. The van der Waals surface area contributed by atoms with Gasteiger partial charge in [0.1, 0.15) is 0 Å². The minimum absolute atomic E-state index is 1.18. The van der Waals surface area contributed by atoms with Crippen LogP contribution in [0.15, 0.2) is 23.1 Å². The summed E-state index contributed by atoms with van der Waals surface area (Å²) in [7, 11) is 0. The second-order valence-electron chi connectivity index (χ2n) is 3.20. The van der Waals surface area contributed by atoms with Crippen LogP contribution in [0.4, 0.5) is 0 Å². The van der Waals surface area contributed by atoms with Crippen LogP contribution in [0.1, 0.15) is 24.5 Å². The fourth-order valence-corrected chi connectivity index (χ4v) is 2.88. The van der Waals surface area contributed by atoms with Crippen LogP contribution in [-0.4, -0.2) is 5.75 Å². The highest BCUT2D eigenvalue weighted by molar-refractivity contribution is 7.99. The fourth-order valence-electron chi connectivity index (χ4n) is 1.79. The van der Waals surface area contributed by atoms with Crippen LogP contribution < -0.4 is 0 Å². The molecule has 1 aromatic carbocycles. The Hall–Kier alpha value is -0.430. The molecule has 0 fully saturated rings. The smallest absolute Gasteiger partial charge is 0.0107 e. The molecule has 12 heavy (non-hydrogen) atoms. The molecule has 1 aliphatic heterocycles. The normalized spacial score (nSPS) is 15.8. The molecule has 2 rings (SSSR count). The summed E-state index contributed by atoms with van der Waals surface area (Å²) in [5.74, 6) is 1.31. The van der Waals surface area contributed by atoms with E-state index in [0.29, 0.717) is 0 Å². The zero-order valence-corrected chi connectivity index (χ0v) is 8.29. The van der Waals surface area contributed by atoms with Crippen molar-refractivity contribution < 1.29 is 0 Å². The summed E-state index contributed by atoms with van der Waals surface area (Å²) in [4.78, 5) is 1.53. The third-order valence-electron chi connectivity index (χ3n) is 2.44. The van der Waals surface area contributed by atoms with Crippen molar-refractivity contribution in [3.63, 3.8) is 0 Å². The molecule has 1 heterocycles. The second-order valence-corrected chi connectivity index (χ2v) is 4.34. The molecule has 0 aliphatic carbocycles. The monoisotopic (exact) mass is 178 g/mol. The van der Waals surface area contributed by atoms with Crippen molar-refractivity contribution in [3.05, 3.63) is 29.3 Å². The molecule has 0 spiro atoms. The van der Waals surface area contributed by atoms with Crippen LogP contribution in [0, 0.1) is 0 Å². The maximum absolute atomic E-state index is 2.27. The molecule has 0 N–H and O–H groups in total. The highest BCUT2D eigenvalue weighted by Crippen LogP contribution is 2.31. The third kappa shape index (κ3) is 1.38. The average molecular weight is 178 g/mol. The van der Waals surface area contributed by atoms with Crippen molar-refractivity contribution in [3.8, 4) is 0 Å². The zero-order valence-electron chi connectivity index (χ0n) is 7.47. The second kappa shape index (κ2) is 3.53. The predicted molar refractivity (Wildman–Crippen MR) is 54.9 cm³/mol. The first-order valence-corrected chi connectivity index (χ1v) is 5.64. The summed E-state index contributed by atoms with van der Waals surface area (Å²) in [5, 5.41) is 0. The van der Waals surface area contributed by atoms with E-state index in [9.17, 15) is 0 Å². The fraction of sp³-hybridized carbons (Fsp3) is 0.455.